The van der Waals surface area contributed by atoms with Crippen molar-refractivity contribution in [3.63, 3.8) is 0 Å². The van der Waals surface area contributed by atoms with Crippen LogP contribution in [0.2, 0.25) is 0 Å². The van der Waals surface area contributed by atoms with Crippen LogP contribution in [0.25, 0.3) is 0 Å². The van der Waals surface area contributed by atoms with E-state index in [-0.39, 0.29) is 67.3 Å². The Kier molecular flexibility index (Phi) is 10.3. The van der Waals surface area contributed by atoms with Gasteiger partial charge < -0.3 is 31.9 Å². The number of rotatable bonds is 7. The second-order valence-corrected chi connectivity index (χ2v) is 16.7. The third kappa shape index (κ3) is 5.79. The lowest BCUT2D eigenvalue weighted by Gasteiger charge is -2.68. The summed E-state index contributed by atoms with van der Waals surface area (Å²) >= 11 is 3.88. The number of carboxylic acids is 1. The van der Waals surface area contributed by atoms with Crippen molar-refractivity contribution in [2.75, 3.05) is 0 Å². The summed E-state index contributed by atoms with van der Waals surface area (Å²) in [4.78, 5) is 38.3. The van der Waals surface area contributed by atoms with Crippen LogP contribution in [0.15, 0.2) is 41.7 Å². The number of carbonyl (C=O) groups excluding carboxylic acids is 2. The summed E-state index contributed by atoms with van der Waals surface area (Å²) in [5.74, 6) is -1.10. The lowest BCUT2D eigenvalue weighted by atomic mass is 9.36. The molecule has 0 aromatic carbocycles. The SMILES string of the molecule is CC(=O)O[C@H]1C[C@@]2(C)[C@@H](C[C@@H](O)[C@H]3[C@@]4(C)CCC(=O)[C@@H](C)[C@@H]4CC[C@@]32C)/C1=C(\CCC(Br)C(C)(C)[n+]1ccccc1)C(=O)O.[Br-]. The number of carbonyl (C=O) groups is 3. The van der Waals surface area contributed by atoms with Gasteiger partial charge >= 0.3 is 11.9 Å². The monoisotopic (exact) mass is 751 g/mol. The number of aromatic nitrogens is 1. The molecule has 1 aromatic rings. The van der Waals surface area contributed by atoms with E-state index in [1.54, 1.807) is 0 Å². The van der Waals surface area contributed by atoms with Crippen LogP contribution in [-0.2, 0) is 24.7 Å². The fourth-order valence-corrected chi connectivity index (χ4v) is 11.1. The summed E-state index contributed by atoms with van der Waals surface area (Å²) in [5.41, 5.74) is -0.180. The number of carboxylic acid groups (broad SMARTS) is 1. The van der Waals surface area contributed by atoms with E-state index >= 15 is 0 Å². The van der Waals surface area contributed by atoms with E-state index in [9.17, 15) is 24.6 Å². The molecular weight excluding hydrogens is 702 g/mol. The van der Waals surface area contributed by atoms with Gasteiger partial charge in [0.05, 0.1) is 10.9 Å². The highest BCUT2D eigenvalue weighted by Crippen LogP contribution is 2.74. The van der Waals surface area contributed by atoms with E-state index in [4.69, 9.17) is 4.74 Å². The third-order valence-electron chi connectivity index (χ3n) is 13.2. The van der Waals surface area contributed by atoms with Crippen LogP contribution in [-0.4, -0.2) is 45.0 Å². The molecule has 0 amide bonds. The van der Waals surface area contributed by atoms with E-state index in [0.717, 1.165) is 19.3 Å². The molecular formula is C36H51Br2NO6. The topological polar surface area (TPSA) is 105 Å². The van der Waals surface area contributed by atoms with Gasteiger partial charge in [0.25, 0.3) is 0 Å². The number of hydrogen-bond acceptors (Lipinski definition) is 5. The molecule has 5 rings (SSSR count). The zero-order chi connectivity index (χ0) is 32.4. The summed E-state index contributed by atoms with van der Waals surface area (Å²) in [7, 11) is 0. The van der Waals surface area contributed by atoms with Crippen LogP contribution >= 0.6 is 15.9 Å². The number of aliphatic hydroxyl groups is 1. The van der Waals surface area contributed by atoms with Crippen molar-refractivity contribution in [2.45, 2.75) is 122 Å². The number of Topliss-reactive ketones (excluding diaryl/α,β-unsaturated/α-hetero) is 1. The second-order valence-electron chi connectivity index (χ2n) is 15.6. The first kappa shape index (κ1) is 36.3. The number of aliphatic hydroxyl groups excluding tert-OH is 1. The minimum atomic E-state index is -0.983. The Labute approximate surface area is 287 Å². The van der Waals surface area contributed by atoms with Gasteiger partial charge in [-0.2, -0.15) is 4.57 Å². The average molecular weight is 754 g/mol. The number of esters is 1. The Balaban J connectivity index is 0.00000461. The van der Waals surface area contributed by atoms with Gasteiger partial charge in [-0.1, -0.05) is 49.7 Å². The quantitative estimate of drug-likeness (QED) is 0.192. The van der Waals surface area contributed by atoms with Crippen molar-refractivity contribution >= 4 is 33.7 Å². The highest BCUT2D eigenvalue weighted by molar-refractivity contribution is 9.09. The summed E-state index contributed by atoms with van der Waals surface area (Å²) in [5, 5.41) is 22.8. The Morgan fingerprint density at radius 2 is 1.78 bits per heavy atom. The van der Waals surface area contributed by atoms with Gasteiger partial charge in [-0.15, -0.1) is 0 Å². The zero-order valence-electron chi connectivity index (χ0n) is 27.8. The maximum Gasteiger partial charge on any atom is 0.331 e. The number of pyridine rings is 1. The Hall–Kier alpha value is -1.58. The van der Waals surface area contributed by atoms with Crippen LogP contribution < -0.4 is 21.5 Å². The van der Waals surface area contributed by atoms with Crippen molar-refractivity contribution in [1.82, 2.24) is 0 Å². The lowest BCUT2D eigenvalue weighted by molar-refractivity contribution is -0.757. The molecule has 0 spiro atoms. The summed E-state index contributed by atoms with van der Waals surface area (Å²) in [6.45, 7) is 14.5. The largest absolute Gasteiger partial charge is 1.00 e. The summed E-state index contributed by atoms with van der Waals surface area (Å²) < 4.78 is 8.10. The predicted octanol–water partition coefficient (Wildman–Crippen LogP) is 3.40. The minimum Gasteiger partial charge on any atom is -1.00 e. The van der Waals surface area contributed by atoms with Gasteiger partial charge in [0, 0.05) is 50.8 Å². The molecule has 2 N–H and O–H groups in total. The number of ether oxygens (including phenoxy) is 1. The maximum atomic E-state index is 13.1. The first-order valence-electron chi connectivity index (χ1n) is 16.4. The first-order valence-corrected chi connectivity index (χ1v) is 17.4. The standard InChI is InChI=1S/C36H50BrNO6.BrH/c1-21-24-13-16-35(6)31(34(24,5)15-14-26(21)40)27(41)19-25-30(28(44-22(2)39)20-36(25,35)7)23(32(42)43)11-12-29(37)33(3,4)38-17-9-8-10-18-38;/h8-10,17-18,21,24-25,27-29,31,41H,11-16,19-20H2,1-7H3;1H/b30-23-;/t21-,24-,25-,27+,28-,29?,31-,34-,35-,36-;/m0./s1. The Morgan fingerprint density at radius 1 is 1.13 bits per heavy atom. The van der Waals surface area contributed by atoms with Crippen molar-refractivity contribution in [2.24, 2.45) is 39.9 Å². The van der Waals surface area contributed by atoms with Crippen molar-refractivity contribution in [3.8, 4) is 0 Å². The fourth-order valence-electron chi connectivity index (χ4n) is 10.7. The molecule has 4 saturated carbocycles. The van der Waals surface area contributed by atoms with Crippen molar-refractivity contribution < 1.29 is 50.9 Å². The molecule has 4 aliphatic carbocycles. The Morgan fingerprint density at radius 3 is 2.38 bits per heavy atom. The maximum absolute atomic E-state index is 13.1. The van der Waals surface area contributed by atoms with Gasteiger partial charge in [-0.05, 0) is 84.5 Å². The Bertz CT molecular complexity index is 1350. The smallest absolute Gasteiger partial charge is 0.331 e. The molecule has 1 heterocycles. The number of alkyl halides is 1. The minimum absolute atomic E-state index is 0. The van der Waals surface area contributed by atoms with Crippen molar-refractivity contribution in [3.05, 3.63) is 41.7 Å². The number of aliphatic carboxylic acids is 1. The number of halogens is 2. The van der Waals surface area contributed by atoms with Crippen LogP contribution in [0.3, 0.4) is 0 Å². The molecule has 0 bridgehead atoms. The van der Waals surface area contributed by atoms with E-state index in [2.05, 4.69) is 62.0 Å². The molecule has 0 aliphatic heterocycles. The van der Waals surface area contributed by atoms with E-state index in [1.807, 2.05) is 30.6 Å². The lowest BCUT2D eigenvalue weighted by Crippen LogP contribution is -3.00. The van der Waals surface area contributed by atoms with E-state index < -0.39 is 24.1 Å². The number of hydrogen-bond donors (Lipinski definition) is 2. The predicted molar refractivity (Wildman–Crippen MR) is 171 cm³/mol. The summed E-state index contributed by atoms with van der Waals surface area (Å²) in [6.07, 6.45) is 7.72. The first-order chi connectivity index (χ1) is 20.5. The van der Waals surface area contributed by atoms with Gasteiger partial charge in [0.2, 0.25) is 0 Å². The summed E-state index contributed by atoms with van der Waals surface area (Å²) in [6, 6.07) is 5.94. The molecule has 1 aromatic heterocycles. The third-order valence-corrected chi connectivity index (χ3v) is 14.8. The van der Waals surface area contributed by atoms with Gasteiger partial charge in [0.1, 0.15) is 11.9 Å². The zero-order valence-corrected chi connectivity index (χ0v) is 31.0. The van der Waals surface area contributed by atoms with Crippen LogP contribution in [0, 0.1) is 39.9 Å². The van der Waals surface area contributed by atoms with E-state index in [0.29, 0.717) is 49.0 Å². The molecule has 10 atom stereocenters. The van der Waals surface area contributed by atoms with Crippen LogP contribution in [0.1, 0.15) is 99.8 Å². The molecule has 7 nitrogen and oxygen atoms in total. The molecule has 4 aliphatic rings. The number of fused-ring (bicyclic) bond motifs is 5. The molecule has 250 valence electrons. The molecule has 0 saturated heterocycles. The van der Waals surface area contributed by atoms with E-state index in [1.165, 1.54) is 6.92 Å². The van der Waals surface area contributed by atoms with Gasteiger partial charge in [0.15, 0.2) is 17.9 Å². The molecule has 1 unspecified atom stereocenters. The normalized spacial score (nSPS) is 39.4. The fraction of sp³-hybridized carbons (Fsp3) is 0.722. The molecule has 4 fully saturated rings. The van der Waals surface area contributed by atoms with Gasteiger partial charge in [-0.3, -0.25) is 9.59 Å². The van der Waals surface area contributed by atoms with Gasteiger partial charge in [-0.25, -0.2) is 4.79 Å². The van der Waals surface area contributed by atoms with Crippen molar-refractivity contribution in [1.29, 1.82) is 0 Å². The number of nitrogens with zero attached hydrogens (tertiary/aromatic N) is 1. The molecule has 9 heteroatoms. The average Bonchev–Trinajstić information content (AvgIpc) is 3.22. The van der Waals surface area contributed by atoms with Crippen LogP contribution in [0.4, 0.5) is 0 Å². The highest BCUT2D eigenvalue weighted by Gasteiger charge is 2.71. The second kappa shape index (κ2) is 12.8. The number of ketones is 1. The van der Waals surface area contributed by atoms with Crippen LogP contribution in [0.5, 0.6) is 0 Å². The molecule has 45 heavy (non-hydrogen) atoms. The highest BCUT2D eigenvalue weighted by atomic mass is 79.9. The molecule has 0 radical (unpaired) electrons.